The summed E-state index contributed by atoms with van der Waals surface area (Å²) >= 11 is 0. The number of pyridine rings is 2. The molecule has 7 nitrogen and oxygen atoms in total. The Morgan fingerprint density at radius 1 is 1.14 bits per heavy atom. The van der Waals surface area contributed by atoms with Gasteiger partial charge in [0.15, 0.2) is 0 Å². The Morgan fingerprint density at radius 3 is 2.46 bits per heavy atom. The monoisotopic (exact) mass is 473 g/mol. The van der Waals surface area contributed by atoms with Crippen molar-refractivity contribution in [1.82, 2.24) is 9.55 Å². The van der Waals surface area contributed by atoms with Crippen molar-refractivity contribution < 1.29 is 4.84 Å². The van der Waals surface area contributed by atoms with Crippen LogP contribution in [0.1, 0.15) is 64.1 Å². The maximum Gasteiger partial charge on any atom is 0.252 e. The molecule has 0 radical (unpaired) electrons. The molecule has 1 aliphatic carbocycles. The zero-order chi connectivity index (χ0) is 25.4. The highest BCUT2D eigenvalue weighted by Gasteiger charge is 2.21. The first kappa shape index (κ1) is 26.0. The first-order chi connectivity index (χ1) is 16.7. The molecule has 0 saturated heterocycles. The lowest BCUT2D eigenvalue weighted by molar-refractivity contribution is 0.00199. The number of aryl methyl sites for hydroxylation is 1. The van der Waals surface area contributed by atoms with Crippen LogP contribution in [-0.4, -0.2) is 34.5 Å². The van der Waals surface area contributed by atoms with Gasteiger partial charge < -0.3 is 14.3 Å². The number of nitrogens with zero attached hydrogens (tertiary/aromatic N) is 5. The highest BCUT2D eigenvalue weighted by molar-refractivity contribution is 5.88. The van der Waals surface area contributed by atoms with Crippen LogP contribution in [0.2, 0.25) is 0 Å². The predicted octanol–water partition coefficient (Wildman–Crippen LogP) is 5.41. The molecule has 35 heavy (non-hydrogen) atoms. The number of nitriles is 1. The van der Waals surface area contributed by atoms with Crippen molar-refractivity contribution in [2.75, 3.05) is 11.9 Å². The van der Waals surface area contributed by atoms with Gasteiger partial charge in [0, 0.05) is 26.2 Å². The fraction of sp³-hybridized carbons (Fsp3) is 0.429. The summed E-state index contributed by atoms with van der Waals surface area (Å²) in [4.78, 5) is 24.1. The smallest absolute Gasteiger partial charge is 0.252 e. The van der Waals surface area contributed by atoms with Crippen LogP contribution in [0.15, 0.2) is 58.5 Å². The molecule has 2 aromatic heterocycles. The van der Waals surface area contributed by atoms with Crippen molar-refractivity contribution in [3.8, 4) is 6.07 Å². The third kappa shape index (κ3) is 7.16. The van der Waals surface area contributed by atoms with E-state index >= 15 is 0 Å². The molecule has 1 saturated carbocycles. The summed E-state index contributed by atoms with van der Waals surface area (Å²) in [5, 5.41) is 13.0. The van der Waals surface area contributed by atoms with Gasteiger partial charge in [-0.15, -0.1) is 0 Å². The Kier molecular flexibility index (Phi) is 8.64. The van der Waals surface area contributed by atoms with Gasteiger partial charge in [-0.1, -0.05) is 54.8 Å². The minimum Gasteiger partial charge on any atom is -0.390 e. The van der Waals surface area contributed by atoms with Crippen LogP contribution in [0.4, 0.5) is 5.69 Å². The summed E-state index contributed by atoms with van der Waals surface area (Å²) in [6.07, 6.45) is 7.75. The van der Waals surface area contributed by atoms with Crippen LogP contribution in [0, 0.1) is 11.3 Å². The van der Waals surface area contributed by atoms with Crippen LogP contribution >= 0.6 is 0 Å². The average Bonchev–Trinajstić information content (AvgIpc) is 2.86. The van der Waals surface area contributed by atoms with Crippen molar-refractivity contribution in [2.24, 2.45) is 12.2 Å². The predicted molar refractivity (Wildman–Crippen MR) is 142 cm³/mol. The Morgan fingerprint density at radius 2 is 1.83 bits per heavy atom. The summed E-state index contributed by atoms with van der Waals surface area (Å²) in [7, 11) is 3.77. The van der Waals surface area contributed by atoms with Gasteiger partial charge in [0.1, 0.15) is 22.9 Å². The van der Waals surface area contributed by atoms with Crippen LogP contribution in [0.3, 0.4) is 0 Å². The van der Waals surface area contributed by atoms with Gasteiger partial charge in [-0.3, -0.25) is 4.79 Å². The highest BCUT2D eigenvalue weighted by Crippen LogP contribution is 2.29. The highest BCUT2D eigenvalue weighted by atomic mass is 16.6. The first-order valence-corrected chi connectivity index (χ1v) is 12.1. The molecule has 4 rings (SSSR count). The van der Waals surface area contributed by atoms with Gasteiger partial charge in [0.25, 0.3) is 5.56 Å². The second kappa shape index (κ2) is 11.7. The minimum absolute atomic E-state index is 0.0448. The Labute approximate surface area is 207 Å². The molecule has 0 amide bonds. The fourth-order valence-electron chi connectivity index (χ4n) is 4.09. The molecule has 0 aliphatic heterocycles. The molecule has 0 unspecified atom stereocenters. The quantitative estimate of drug-likeness (QED) is 0.374. The van der Waals surface area contributed by atoms with Crippen LogP contribution in [0.5, 0.6) is 0 Å². The molecular formula is C28H35N5O2. The summed E-state index contributed by atoms with van der Waals surface area (Å²) in [5.41, 5.74) is 3.50. The Balaban J connectivity index is 0.000000225. The van der Waals surface area contributed by atoms with E-state index in [-0.39, 0.29) is 11.2 Å². The second-order valence-corrected chi connectivity index (χ2v) is 9.85. The number of fused-ring (bicyclic) bond motifs is 1. The lowest BCUT2D eigenvalue weighted by Crippen LogP contribution is -2.34. The summed E-state index contributed by atoms with van der Waals surface area (Å²) in [6, 6.07) is 17.5. The van der Waals surface area contributed by atoms with Crippen LogP contribution in [-0.2, 0) is 11.9 Å². The lowest BCUT2D eigenvalue weighted by Gasteiger charge is -2.33. The number of hydrogen-bond acceptors (Lipinski definition) is 6. The van der Waals surface area contributed by atoms with Gasteiger partial charge in [-0.25, -0.2) is 4.98 Å². The molecule has 184 valence electrons. The van der Waals surface area contributed by atoms with Crippen molar-refractivity contribution in [3.63, 3.8) is 0 Å². The van der Waals surface area contributed by atoms with E-state index < -0.39 is 0 Å². The third-order valence-electron chi connectivity index (χ3n) is 6.01. The molecule has 0 bridgehead atoms. The SMILES string of the molecule is CC(C)(C)O/N=C\c1ccccc1.CN(c1cc(=O)n(C)c2ccc(C#N)nc12)C1CCCCC1. The lowest BCUT2D eigenvalue weighted by atomic mass is 9.94. The molecule has 0 spiro atoms. The molecular weight excluding hydrogens is 438 g/mol. The number of oxime groups is 1. The molecule has 1 aliphatic rings. The standard InChI is InChI=1S/C17H20N4O.C11H15NO/c1-20(13-6-4-3-5-7-13)15-10-16(22)21(2)14-9-8-12(11-18)19-17(14)15;1-11(2,3)13-12-9-10-7-5-4-6-8-10/h8-10,13H,3-7H2,1-2H3;4-9H,1-3H3/b;12-9-. The molecule has 1 fully saturated rings. The second-order valence-electron chi connectivity index (χ2n) is 9.85. The number of hydrogen-bond donors (Lipinski definition) is 0. The number of benzene rings is 1. The van der Waals surface area contributed by atoms with Crippen LogP contribution in [0.25, 0.3) is 11.0 Å². The van der Waals surface area contributed by atoms with Gasteiger partial charge in [0.2, 0.25) is 0 Å². The van der Waals surface area contributed by atoms with E-state index in [0.717, 1.165) is 35.1 Å². The third-order valence-corrected chi connectivity index (χ3v) is 6.01. The topological polar surface area (TPSA) is 83.5 Å². The molecule has 0 N–H and O–H groups in total. The van der Waals surface area contributed by atoms with Gasteiger partial charge >= 0.3 is 0 Å². The first-order valence-electron chi connectivity index (χ1n) is 12.1. The molecule has 3 aromatic rings. The van der Waals surface area contributed by atoms with E-state index in [2.05, 4.69) is 21.1 Å². The van der Waals surface area contributed by atoms with Crippen molar-refractivity contribution in [1.29, 1.82) is 5.26 Å². The van der Waals surface area contributed by atoms with E-state index in [1.165, 1.54) is 19.3 Å². The molecule has 1 aromatic carbocycles. The Hall–Kier alpha value is -3.66. The van der Waals surface area contributed by atoms with Crippen LogP contribution < -0.4 is 10.5 Å². The number of aromatic nitrogens is 2. The van der Waals surface area contributed by atoms with Gasteiger partial charge in [0.05, 0.1) is 17.4 Å². The average molecular weight is 474 g/mol. The van der Waals surface area contributed by atoms with E-state index in [1.807, 2.05) is 58.2 Å². The van der Waals surface area contributed by atoms with Gasteiger partial charge in [-0.2, -0.15) is 5.26 Å². The zero-order valence-electron chi connectivity index (χ0n) is 21.4. The van der Waals surface area contributed by atoms with Crippen molar-refractivity contribution in [2.45, 2.75) is 64.5 Å². The Bertz CT molecular complexity index is 1250. The van der Waals surface area contributed by atoms with E-state index in [9.17, 15) is 4.79 Å². The minimum atomic E-state index is -0.217. The maximum absolute atomic E-state index is 12.2. The summed E-state index contributed by atoms with van der Waals surface area (Å²) in [6.45, 7) is 5.90. The summed E-state index contributed by atoms with van der Waals surface area (Å²) in [5.74, 6) is 0. The number of rotatable bonds is 4. The van der Waals surface area contributed by atoms with E-state index in [0.29, 0.717) is 11.7 Å². The normalized spacial score (nSPS) is 14.3. The fourth-order valence-corrected chi connectivity index (χ4v) is 4.09. The number of anilines is 1. The zero-order valence-corrected chi connectivity index (χ0v) is 21.4. The van der Waals surface area contributed by atoms with Crippen molar-refractivity contribution >= 4 is 22.9 Å². The molecule has 7 heteroatoms. The van der Waals surface area contributed by atoms with Crippen molar-refractivity contribution in [3.05, 3.63) is 70.1 Å². The summed E-state index contributed by atoms with van der Waals surface area (Å²) < 4.78 is 1.59. The largest absolute Gasteiger partial charge is 0.390 e. The molecule has 0 atom stereocenters. The van der Waals surface area contributed by atoms with E-state index in [1.54, 1.807) is 36.0 Å². The van der Waals surface area contributed by atoms with E-state index in [4.69, 9.17) is 10.1 Å². The maximum atomic E-state index is 12.2. The van der Waals surface area contributed by atoms with Gasteiger partial charge in [-0.05, 0) is 51.3 Å². The molecule has 2 heterocycles.